The van der Waals surface area contributed by atoms with Crippen LogP contribution in [0.1, 0.15) is 310 Å². The van der Waals surface area contributed by atoms with Gasteiger partial charge in [0.05, 0.1) is 0 Å². The van der Waals surface area contributed by atoms with E-state index in [-0.39, 0.29) is 31.1 Å². The molecule has 0 amide bonds. The van der Waals surface area contributed by atoms with Crippen LogP contribution in [0.25, 0.3) is 0 Å². The second kappa shape index (κ2) is 51.8. The van der Waals surface area contributed by atoms with Crippen molar-refractivity contribution >= 4 is 17.9 Å². The molecule has 0 aliphatic carbocycles. The third-order valence-electron chi connectivity index (χ3n) is 12.5. The van der Waals surface area contributed by atoms with Gasteiger partial charge < -0.3 is 14.2 Å². The lowest BCUT2D eigenvalue weighted by atomic mass is 10.0. The Hall–Kier alpha value is -1.85. The van der Waals surface area contributed by atoms with Gasteiger partial charge >= 0.3 is 17.9 Å². The van der Waals surface area contributed by atoms with Crippen LogP contribution in [0.3, 0.4) is 0 Å². The molecule has 0 radical (unpaired) electrons. The first-order valence-electron chi connectivity index (χ1n) is 27.7. The highest BCUT2D eigenvalue weighted by atomic mass is 16.6. The first-order valence-corrected chi connectivity index (χ1v) is 27.7. The zero-order valence-electron chi connectivity index (χ0n) is 41.9. The molecule has 62 heavy (non-hydrogen) atoms. The molecule has 1 unspecified atom stereocenters. The van der Waals surface area contributed by atoms with Gasteiger partial charge in [-0.1, -0.05) is 258 Å². The van der Waals surface area contributed by atoms with E-state index in [4.69, 9.17) is 14.2 Å². The number of hydrogen-bond acceptors (Lipinski definition) is 6. The van der Waals surface area contributed by atoms with E-state index in [0.717, 1.165) is 64.2 Å². The molecule has 366 valence electrons. The zero-order chi connectivity index (χ0) is 45.1. The van der Waals surface area contributed by atoms with Crippen molar-refractivity contribution in [3.8, 4) is 0 Å². The number of ether oxygens (including phenoxy) is 3. The Morgan fingerprint density at radius 1 is 0.306 bits per heavy atom. The molecule has 0 aliphatic heterocycles. The predicted octanol–water partition coefficient (Wildman–Crippen LogP) is 18.2. The first kappa shape index (κ1) is 60.2. The molecule has 0 aliphatic rings. The van der Waals surface area contributed by atoms with Gasteiger partial charge in [-0.2, -0.15) is 0 Å². The highest BCUT2D eigenvalue weighted by Crippen LogP contribution is 2.17. The summed E-state index contributed by atoms with van der Waals surface area (Å²) >= 11 is 0. The number of hydrogen-bond donors (Lipinski definition) is 0. The number of rotatable bonds is 51. The summed E-state index contributed by atoms with van der Waals surface area (Å²) in [7, 11) is 0. The quantitative estimate of drug-likeness (QED) is 0.0262. The normalized spacial score (nSPS) is 12.0. The maximum absolute atomic E-state index is 12.8. The summed E-state index contributed by atoms with van der Waals surface area (Å²) in [6.45, 7) is 6.66. The highest BCUT2D eigenvalue weighted by molar-refractivity contribution is 5.71. The van der Waals surface area contributed by atoms with Crippen LogP contribution in [0.2, 0.25) is 0 Å². The molecule has 0 rings (SSSR count). The minimum Gasteiger partial charge on any atom is -0.462 e. The van der Waals surface area contributed by atoms with Crippen LogP contribution in [0.15, 0.2) is 12.2 Å². The molecule has 0 saturated carbocycles. The van der Waals surface area contributed by atoms with Crippen molar-refractivity contribution in [2.24, 2.45) is 0 Å². The van der Waals surface area contributed by atoms with Crippen molar-refractivity contribution in [1.82, 2.24) is 0 Å². The van der Waals surface area contributed by atoms with Gasteiger partial charge in [0.15, 0.2) is 6.10 Å². The average molecular weight is 875 g/mol. The molecule has 0 fully saturated rings. The fourth-order valence-electron chi connectivity index (χ4n) is 8.32. The van der Waals surface area contributed by atoms with E-state index in [1.807, 2.05) is 0 Å². The number of carbonyl (C=O) groups excluding carboxylic acids is 3. The van der Waals surface area contributed by atoms with E-state index in [1.165, 1.54) is 205 Å². The van der Waals surface area contributed by atoms with Gasteiger partial charge in [-0.15, -0.1) is 0 Å². The smallest absolute Gasteiger partial charge is 0.306 e. The first-order chi connectivity index (χ1) is 30.5. The van der Waals surface area contributed by atoms with Crippen LogP contribution in [-0.2, 0) is 28.6 Å². The van der Waals surface area contributed by atoms with Crippen LogP contribution in [0.5, 0.6) is 0 Å². The fraction of sp³-hybridized carbons (Fsp3) is 0.911. The van der Waals surface area contributed by atoms with E-state index in [1.54, 1.807) is 0 Å². The summed E-state index contributed by atoms with van der Waals surface area (Å²) in [5.41, 5.74) is 0. The molecule has 0 bridgehead atoms. The molecule has 6 nitrogen and oxygen atoms in total. The largest absolute Gasteiger partial charge is 0.462 e. The molecule has 0 aromatic carbocycles. The molecule has 0 saturated heterocycles. The lowest BCUT2D eigenvalue weighted by molar-refractivity contribution is -0.167. The summed E-state index contributed by atoms with van der Waals surface area (Å²) in [6.07, 6.45) is 57.8. The Bertz CT molecular complexity index is 962. The SMILES string of the molecule is CCCCCCC/C=C\CCCCCCCC(=O)OC(COC(=O)CCCCCCCCCCCC)COC(=O)CCCCCCCCCCCCCCCCCCCCCC. The number of carbonyl (C=O) groups is 3. The predicted molar refractivity (Wildman–Crippen MR) is 266 cm³/mol. The van der Waals surface area contributed by atoms with Crippen molar-refractivity contribution in [3.63, 3.8) is 0 Å². The van der Waals surface area contributed by atoms with Crippen molar-refractivity contribution in [1.29, 1.82) is 0 Å². The van der Waals surface area contributed by atoms with Crippen LogP contribution >= 0.6 is 0 Å². The summed E-state index contributed by atoms with van der Waals surface area (Å²) in [5.74, 6) is -0.859. The maximum atomic E-state index is 12.8. The molecule has 1 atom stereocenters. The molecule has 0 N–H and O–H groups in total. The van der Waals surface area contributed by atoms with E-state index in [9.17, 15) is 14.4 Å². The fourth-order valence-corrected chi connectivity index (χ4v) is 8.32. The topological polar surface area (TPSA) is 78.9 Å². The highest BCUT2D eigenvalue weighted by Gasteiger charge is 2.19. The minimum absolute atomic E-state index is 0.0679. The van der Waals surface area contributed by atoms with E-state index >= 15 is 0 Å². The number of allylic oxidation sites excluding steroid dienone is 2. The third-order valence-corrected chi connectivity index (χ3v) is 12.5. The molecule has 0 aromatic heterocycles. The Morgan fingerprint density at radius 2 is 0.532 bits per heavy atom. The summed E-state index contributed by atoms with van der Waals surface area (Å²) in [4.78, 5) is 38.0. The Morgan fingerprint density at radius 3 is 0.806 bits per heavy atom. The lowest BCUT2D eigenvalue weighted by Crippen LogP contribution is -2.30. The van der Waals surface area contributed by atoms with Crippen molar-refractivity contribution < 1.29 is 28.6 Å². The van der Waals surface area contributed by atoms with Crippen molar-refractivity contribution in [2.75, 3.05) is 13.2 Å². The summed E-state index contributed by atoms with van der Waals surface area (Å²) in [5, 5.41) is 0. The lowest BCUT2D eigenvalue weighted by Gasteiger charge is -2.18. The van der Waals surface area contributed by atoms with E-state index in [0.29, 0.717) is 19.3 Å². The minimum atomic E-state index is -0.767. The zero-order valence-corrected chi connectivity index (χ0v) is 41.9. The van der Waals surface area contributed by atoms with Gasteiger partial charge in [0.1, 0.15) is 13.2 Å². The molecule has 0 spiro atoms. The van der Waals surface area contributed by atoms with E-state index < -0.39 is 6.10 Å². The standard InChI is InChI=1S/C56H106O6/c1-4-7-10-13-16-19-22-24-26-27-28-29-30-31-33-34-37-40-43-46-49-55(58)61-52-53(51-60-54(57)48-45-42-39-36-21-18-15-12-9-6-3)62-56(59)50-47-44-41-38-35-32-25-23-20-17-14-11-8-5-2/h23,25,53H,4-22,24,26-52H2,1-3H3/b25-23-. The van der Waals surface area contributed by atoms with Crippen LogP contribution in [0, 0.1) is 0 Å². The Balaban J connectivity index is 4.23. The van der Waals surface area contributed by atoms with Gasteiger partial charge in [0.2, 0.25) is 0 Å². The number of unbranched alkanes of at least 4 members (excludes halogenated alkanes) is 38. The van der Waals surface area contributed by atoms with Gasteiger partial charge in [-0.25, -0.2) is 0 Å². The molecule has 0 heterocycles. The molecular formula is C56H106O6. The molecular weight excluding hydrogens is 769 g/mol. The number of esters is 3. The summed E-state index contributed by atoms with van der Waals surface area (Å²) < 4.78 is 16.8. The summed E-state index contributed by atoms with van der Waals surface area (Å²) in [6, 6.07) is 0. The van der Waals surface area contributed by atoms with Gasteiger partial charge in [-0.05, 0) is 44.9 Å². The van der Waals surface area contributed by atoms with Crippen LogP contribution < -0.4 is 0 Å². The maximum Gasteiger partial charge on any atom is 0.306 e. The molecule has 6 heteroatoms. The van der Waals surface area contributed by atoms with Gasteiger partial charge in [-0.3, -0.25) is 14.4 Å². The van der Waals surface area contributed by atoms with Crippen LogP contribution in [-0.4, -0.2) is 37.2 Å². The second-order valence-electron chi connectivity index (χ2n) is 18.9. The van der Waals surface area contributed by atoms with Gasteiger partial charge in [0.25, 0.3) is 0 Å². The third kappa shape index (κ3) is 49.2. The second-order valence-corrected chi connectivity index (χ2v) is 18.9. The monoisotopic (exact) mass is 875 g/mol. The van der Waals surface area contributed by atoms with Crippen molar-refractivity contribution in [2.45, 2.75) is 316 Å². The van der Waals surface area contributed by atoms with Crippen molar-refractivity contribution in [3.05, 3.63) is 12.2 Å². The average Bonchev–Trinajstić information content (AvgIpc) is 3.27. The Kier molecular flexibility index (Phi) is 50.2. The Labute approximate surface area is 386 Å². The van der Waals surface area contributed by atoms with Crippen LogP contribution in [0.4, 0.5) is 0 Å². The molecule has 0 aromatic rings. The van der Waals surface area contributed by atoms with E-state index in [2.05, 4.69) is 32.9 Å². The van der Waals surface area contributed by atoms with Gasteiger partial charge in [0, 0.05) is 19.3 Å².